The van der Waals surface area contributed by atoms with E-state index in [0.29, 0.717) is 13.2 Å². The summed E-state index contributed by atoms with van der Waals surface area (Å²) >= 11 is 0. The Morgan fingerprint density at radius 1 is 1.20 bits per heavy atom. The predicted molar refractivity (Wildman–Crippen MR) is 97.3 cm³/mol. The second-order valence-corrected chi connectivity index (χ2v) is 6.58. The number of ether oxygens (including phenoxy) is 2. The molecule has 0 spiro atoms. The van der Waals surface area contributed by atoms with Crippen LogP contribution in [0.2, 0.25) is 0 Å². The molecule has 4 nitrogen and oxygen atoms in total. The van der Waals surface area contributed by atoms with Crippen LogP contribution in [0.3, 0.4) is 0 Å². The van der Waals surface area contributed by atoms with Crippen molar-refractivity contribution in [3.63, 3.8) is 0 Å². The molecule has 1 aliphatic carbocycles. The molecular formula is C21H25NO3. The Balaban J connectivity index is 1.78. The monoisotopic (exact) mass is 339 g/mol. The van der Waals surface area contributed by atoms with Crippen molar-refractivity contribution in [3.8, 4) is 5.75 Å². The number of rotatable bonds is 6. The molecule has 0 saturated heterocycles. The highest BCUT2D eigenvalue weighted by atomic mass is 16.5. The Kier molecular flexibility index (Phi) is 5.39. The first-order chi connectivity index (χ1) is 12.1. The lowest BCUT2D eigenvalue weighted by atomic mass is 9.75. The van der Waals surface area contributed by atoms with Crippen LogP contribution < -0.4 is 10.5 Å². The summed E-state index contributed by atoms with van der Waals surface area (Å²) in [4.78, 5) is 12.0. The molecule has 4 heteroatoms. The lowest BCUT2D eigenvalue weighted by molar-refractivity contribution is -0.144. The number of carbonyl (C=O) groups excluding carboxylic acids is 1. The molecule has 3 rings (SSSR count). The third kappa shape index (κ3) is 4.20. The Labute approximate surface area is 148 Å². The first kappa shape index (κ1) is 17.5. The van der Waals surface area contributed by atoms with E-state index in [9.17, 15) is 4.79 Å². The Bertz CT molecular complexity index is 729. The molecule has 0 heterocycles. The van der Waals surface area contributed by atoms with Crippen LogP contribution in [0.4, 0.5) is 0 Å². The number of benzene rings is 2. The van der Waals surface area contributed by atoms with Crippen molar-refractivity contribution in [1.29, 1.82) is 0 Å². The van der Waals surface area contributed by atoms with Crippen LogP contribution in [0.1, 0.15) is 42.9 Å². The molecule has 1 atom stereocenters. The quantitative estimate of drug-likeness (QED) is 0.815. The van der Waals surface area contributed by atoms with Crippen LogP contribution in [-0.4, -0.2) is 12.6 Å². The first-order valence-electron chi connectivity index (χ1n) is 8.85. The molecule has 2 N–H and O–H groups in total. The van der Waals surface area contributed by atoms with Crippen molar-refractivity contribution < 1.29 is 14.3 Å². The van der Waals surface area contributed by atoms with Crippen molar-refractivity contribution in [1.82, 2.24) is 0 Å². The molecule has 0 saturated carbocycles. The van der Waals surface area contributed by atoms with Gasteiger partial charge in [-0.2, -0.15) is 0 Å². The third-order valence-electron chi connectivity index (χ3n) is 4.70. The fourth-order valence-electron chi connectivity index (χ4n) is 3.45. The molecule has 0 aliphatic heterocycles. The Morgan fingerprint density at radius 2 is 2.00 bits per heavy atom. The maximum Gasteiger partial charge on any atom is 0.307 e. The van der Waals surface area contributed by atoms with E-state index < -0.39 is 5.54 Å². The molecule has 1 aliphatic rings. The van der Waals surface area contributed by atoms with E-state index in [0.717, 1.165) is 36.1 Å². The van der Waals surface area contributed by atoms with Crippen LogP contribution in [0.5, 0.6) is 5.75 Å². The zero-order valence-corrected chi connectivity index (χ0v) is 14.7. The van der Waals surface area contributed by atoms with Gasteiger partial charge in [0, 0.05) is 0 Å². The van der Waals surface area contributed by atoms with Crippen molar-refractivity contribution in [2.45, 2.75) is 44.8 Å². The molecule has 2 aromatic rings. The number of esters is 1. The smallest absolute Gasteiger partial charge is 0.307 e. The van der Waals surface area contributed by atoms with Gasteiger partial charge in [-0.05, 0) is 55.0 Å². The van der Waals surface area contributed by atoms with Gasteiger partial charge in [0.25, 0.3) is 0 Å². The van der Waals surface area contributed by atoms with Gasteiger partial charge >= 0.3 is 5.97 Å². The molecule has 0 aromatic heterocycles. The van der Waals surface area contributed by atoms with Gasteiger partial charge in [-0.3, -0.25) is 4.79 Å². The number of nitrogens with two attached hydrogens (primary N) is 1. The Hall–Kier alpha value is -2.33. The summed E-state index contributed by atoms with van der Waals surface area (Å²) in [5.74, 6) is 0.539. The summed E-state index contributed by atoms with van der Waals surface area (Å²) in [5, 5.41) is 0. The van der Waals surface area contributed by atoms with Crippen molar-refractivity contribution in [3.05, 3.63) is 65.2 Å². The molecule has 0 amide bonds. The van der Waals surface area contributed by atoms with Gasteiger partial charge in [0.05, 0.1) is 18.6 Å². The molecule has 0 fully saturated rings. The number of hydrogen-bond donors (Lipinski definition) is 1. The van der Waals surface area contributed by atoms with Crippen molar-refractivity contribution in [2.75, 3.05) is 6.61 Å². The Morgan fingerprint density at radius 3 is 2.76 bits per heavy atom. The second kappa shape index (κ2) is 7.70. The maximum absolute atomic E-state index is 12.0. The SMILES string of the molecule is CCOC(=O)CC1(N)CCCc2ccc(OCc3ccccc3)cc21. The largest absolute Gasteiger partial charge is 0.489 e. The normalized spacial score (nSPS) is 19.1. The van der Waals surface area contributed by atoms with Crippen molar-refractivity contribution in [2.24, 2.45) is 5.73 Å². The van der Waals surface area contributed by atoms with Gasteiger partial charge < -0.3 is 15.2 Å². The molecule has 0 radical (unpaired) electrons. The number of carbonyl (C=O) groups is 1. The summed E-state index contributed by atoms with van der Waals surface area (Å²) in [5.41, 5.74) is 9.27. The van der Waals surface area contributed by atoms with E-state index >= 15 is 0 Å². The maximum atomic E-state index is 12.0. The molecule has 25 heavy (non-hydrogen) atoms. The molecule has 1 unspecified atom stereocenters. The lowest BCUT2D eigenvalue weighted by Crippen LogP contribution is -2.42. The van der Waals surface area contributed by atoms with Gasteiger partial charge in [-0.15, -0.1) is 0 Å². The highest BCUT2D eigenvalue weighted by Gasteiger charge is 2.35. The fraction of sp³-hybridized carbons (Fsp3) is 0.381. The highest BCUT2D eigenvalue weighted by Crippen LogP contribution is 2.38. The van der Waals surface area contributed by atoms with Gasteiger partial charge in [0.2, 0.25) is 0 Å². The van der Waals surface area contributed by atoms with Gasteiger partial charge in [0.1, 0.15) is 12.4 Å². The minimum absolute atomic E-state index is 0.204. The molecule has 0 bridgehead atoms. The number of fused-ring (bicyclic) bond motifs is 1. The van der Waals surface area contributed by atoms with E-state index in [1.54, 1.807) is 0 Å². The minimum atomic E-state index is -0.675. The number of hydrogen-bond acceptors (Lipinski definition) is 4. The van der Waals surface area contributed by atoms with E-state index in [2.05, 4.69) is 6.07 Å². The average molecular weight is 339 g/mol. The summed E-state index contributed by atoms with van der Waals surface area (Å²) in [6.45, 7) is 2.70. The fourth-order valence-corrected chi connectivity index (χ4v) is 3.45. The average Bonchev–Trinajstić information content (AvgIpc) is 2.61. The predicted octanol–water partition coefficient (Wildman–Crippen LogP) is 3.71. The topological polar surface area (TPSA) is 61.5 Å². The zero-order chi connectivity index (χ0) is 17.7. The molecule has 132 valence electrons. The van der Waals surface area contributed by atoms with E-state index in [1.807, 2.05) is 49.4 Å². The van der Waals surface area contributed by atoms with Gasteiger partial charge in [0.15, 0.2) is 0 Å². The van der Waals surface area contributed by atoms with Crippen LogP contribution in [0.15, 0.2) is 48.5 Å². The van der Waals surface area contributed by atoms with E-state index in [-0.39, 0.29) is 12.4 Å². The summed E-state index contributed by atoms with van der Waals surface area (Å²) in [6.07, 6.45) is 2.94. The van der Waals surface area contributed by atoms with Crippen LogP contribution in [0.25, 0.3) is 0 Å². The van der Waals surface area contributed by atoms with Gasteiger partial charge in [-0.1, -0.05) is 36.4 Å². The second-order valence-electron chi connectivity index (χ2n) is 6.58. The summed E-state index contributed by atoms with van der Waals surface area (Å²) in [6, 6.07) is 16.1. The highest BCUT2D eigenvalue weighted by molar-refractivity contribution is 5.71. The summed E-state index contributed by atoms with van der Waals surface area (Å²) in [7, 11) is 0. The third-order valence-corrected chi connectivity index (χ3v) is 4.70. The van der Waals surface area contributed by atoms with Crippen LogP contribution >= 0.6 is 0 Å². The molecule has 2 aromatic carbocycles. The van der Waals surface area contributed by atoms with E-state index in [1.165, 1.54) is 5.56 Å². The van der Waals surface area contributed by atoms with Crippen LogP contribution in [-0.2, 0) is 28.1 Å². The zero-order valence-electron chi connectivity index (χ0n) is 14.7. The minimum Gasteiger partial charge on any atom is -0.489 e. The summed E-state index contributed by atoms with van der Waals surface area (Å²) < 4.78 is 11.0. The van der Waals surface area contributed by atoms with Gasteiger partial charge in [-0.25, -0.2) is 0 Å². The first-order valence-corrected chi connectivity index (χ1v) is 8.85. The van der Waals surface area contributed by atoms with Crippen molar-refractivity contribution >= 4 is 5.97 Å². The van der Waals surface area contributed by atoms with E-state index in [4.69, 9.17) is 15.2 Å². The van der Waals surface area contributed by atoms with Crippen LogP contribution in [0, 0.1) is 0 Å². The number of aryl methyl sites for hydroxylation is 1. The molecular weight excluding hydrogens is 314 g/mol. The standard InChI is InChI=1S/C21H25NO3/c1-2-24-20(23)14-21(22)12-6-9-17-10-11-18(13-19(17)21)25-15-16-7-4-3-5-8-16/h3-5,7-8,10-11,13H,2,6,9,12,14-15,22H2,1H3. The lowest BCUT2D eigenvalue weighted by Gasteiger charge is -2.35.